The van der Waals surface area contributed by atoms with Crippen LogP contribution in [-0.4, -0.2) is 9.97 Å². The van der Waals surface area contributed by atoms with Gasteiger partial charge in [0.25, 0.3) is 0 Å². The van der Waals surface area contributed by atoms with Gasteiger partial charge in [0.1, 0.15) is 5.82 Å². The summed E-state index contributed by atoms with van der Waals surface area (Å²) in [4.78, 5) is 9.96. The molecule has 0 saturated carbocycles. The zero-order chi connectivity index (χ0) is 18.4. The predicted octanol–water partition coefficient (Wildman–Crippen LogP) is 6.50. The van der Waals surface area contributed by atoms with Gasteiger partial charge in [-0.15, -0.1) is 0 Å². The van der Waals surface area contributed by atoms with Crippen LogP contribution in [0.1, 0.15) is 42.3 Å². The SMILES string of the molecule is Cc1cc(C)cc(-c2nc(C(C)C)nc3c2ccc2cccc(C)c23)c1. The van der Waals surface area contributed by atoms with Crippen LogP contribution in [-0.2, 0) is 0 Å². The van der Waals surface area contributed by atoms with E-state index in [2.05, 4.69) is 83.1 Å². The highest BCUT2D eigenvalue weighted by molar-refractivity contribution is 6.10. The highest BCUT2D eigenvalue weighted by Crippen LogP contribution is 2.34. The van der Waals surface area contributed by atoms with Crippen molar-refractivity contribution in [3.63, 3.8) is 0 Å². The second-order valence-electron chi connectivity index (χ2n) is 7.60. The fourth-order valence-corrected chi connectivity index (χ4v) is 3.75. The van der Waals surface area contributed by atoms with Crippen LogP contribution < -0.4 is 0 Å². The Balaban J connectivity index is 2.17. The van der Waals surface area contributed by atoms with Crippen LogP contribution in [0.2, 0.25) is 0 Å². The molecule has 0 spiro atoms. The van der Waals surface area contributed by atoms with E-state index in [9.17, 15) is 0 Å². The molecule has 0 aliphatic rings. The Kier molecular flexibility index (Phi) is 3.99. The molecule has 0 aliphatic carbocycles. The van der Waals surface area contributed by atoms with Crippen molar-refractivity contribution in [3.8, 4) is 11.3 Å². The number of nitrogens with zero attached hydrogens (tertiary/aromatic N) is 2. The third-order valence-corrected chi connectivity index (χ3v) is 4.95. The van der Waals surface area contributed by atoms with E-state index < -0.39 is 0 Å². The van der Waals surface area contributed by atoms with E-state index >= 15 is 0 Å². The van der Waals surface area contributed by atoms with Crippen molar-refractivity contribution in [2.45, 2.75) is 40.5 Å². The molecule has 0 bridgehead atoms. The maximum Gasteiger partial charge on any atom is 0.132 e. The van der Waals surface area contributed by atoms with Gasteiger partial charge in [0.15, 0.2) is 0 Å². The van der Waals surface area contributed by atoms with Gasteiger partial charge in [-0.25, -0.2) is 9.97 Å². The fraction of sp³-hybridized carbons (Fsp3) is 0.250. The van der Waals surface area contributed by atoms with E-state index in [0.29, 0.717) is 0 Å². The van der Waals surface area contributed by atoms with Gasteiger partial charge in [-0.05, 0) is 49.9 Å². The van der Waals surface area contributed by atoms with E-state index in [1.54, 1.807) is 0 Å². The molecule has 2 heteroatoms. The van der Waals surface area contributed by atoms with Gasteiger partial charge in [-0.1, -0.05) is 55.3 Å². The molecule has 0 aliphatic heterocycles. The van der Waals surface area contributed by atoms with E-state index in [1.165, 1.54) is 33.0 Å². The third-order valence-electron chi connectivity index (χ3n) is 4.95. The molecule has 26 heavy (non-hydrogen) atoms. The minimum absolute atomic E-state index is 0.281. The fourth-order valence-electron chi connectivity index (χ4n) is 3.75. The number of aryl methyl sites for hydroxylation is 3. The van der Waals surface area contributed by atoms with Crippen LogP contribution in [0.4, 0.5) is 0 Å². The van der Waals surface area contributed by atoms with E-state index in [-0.39, 0.29) is 5.92 Å². The van der Waals surface area contributed by atoms with Crippen molar-refractivity contribution in [2.24, 2.45) is 0 Å². The zero-order valence-corrected chi connectivity index (χ0v) is 16.1. The van der Waals surface area contributed by atoms with Crippen molar-refractivity contribution in [1.82, 2.24) is 9.97 Å². The maximum atomic E-state index is 4.98. The Morgan fingerprint density at radius 2 is 1.54 bits per heavy atom. The molecule has 0 radical (unpaired) electrons. The summed E-state index contributed by atoms with van der Waals surface area (Å²) in [6.45, 7) is 10.8. The number of hydrogen-bond acceptors (Lipinski definition) is 2. The lowest BCUT2D eigenvalue weighted by Gasteiger charge is -2.14. The standard InChI is InChI=1S/C24H24N2/c1-14(2)24-25-22(19-12-15(3)11-16(4)13-19)20-10-9-18-8-6-7-17(5)21(18)23(20)26-24/h6-14H,1-5H3. The summed E-state index contributed by atoms with van der Waals surface area (Å²) in [7, 11) is 0. The van der Waals surface area contributed by atoms with Crippen molar-refractivity contribution in [3.05, 3.63) is 71.0 Å². The van der Waals surface area contributed by atoms with E-state index in [4.69, 9.17) is 9.97 Å². The Morgan fingerprint density at radius 1 is 0.808 bits per heavy atom. The Hall–Kier alpha value is -2.74. The minimum Gasteiger partial charge on any atom is -0.232 e. The molecule has 0 saturated heterocycles. The van der Waals surface area contributed by atoms with E-state index in [0.717, 1.165) is 22.4 Å². The second kappa shape index (κ2) is 6.21. The summed E-state index contributed by atoms with van der Waals surface area (Å²) >= 11 is 0. The van der Waals surface area contributed by atoms with Gasteiger partial charge in [-0.3, -0.25) is 0 Å². The molecule has 1 heterocycles. The average Bonchev–Trinajstić information content (AvgIpc) is 2.59. The van der Waals surface area contributed by atoms with Crippen LogP contribution in [0.15, 0.2) is 48.5 Å². The smallest absolute Gasteiger partial charge is 0.132 e. The largest absolute Gasteiger partial charge is 0.232 e. The summed E-state index contributed by atoms with van der Waals surface area (Å²) in [5.41, 5.74) is 7.05. The number of aromatic nitrogens is 2. The highest BCUT2D eigenvalue weighted by atomic mass is 14.9. The first-order valence-corrected chi connectivity index (χ1v) is 9.22. The number of fused-ring (bicyclic) bond motifs is 3. The minimum atomic E-state index is 0.281. The van der Waals surface area contributed by atoms with Gasteiger partial charge in [0.05, 0.1) is 11.2 Å². The number of benzene rings is 3. The second-order valence-corrected chi connectivity index (χ2v) is 7.60. The van der Waals surface area contributed by atoms with Crippen LogP contribution in [0.25, 0.3) is 32.9 Å². The summed E-state index contributed by atoms with van der Waals surface area (Å²) in [5.74, 6) is 1.19. The zero-order valence-electron chi connectivity index (χ0n) is 16.1. The van der Waals surface area contributed by atoms with Crippen molar-refractivity contribution >= 4 is 21.7 Å². The molecule has 0 fully saturated rings. The number of rotatable bonds is 2. The van der Waals surface area contributed by atoms with Crippen molar-refractivity contribution < 1.29 is 0 Å². The van der Waals surface area contributed by atoms with Crippen LogP contribution in [0.5, 0.6) is 0 Å². The summed E-state index contributed by atoms with van der Waals surface area (Å²) < 4.78 is 0. The first-order valence-electron chi connectivity index (χ1n) is 9.22. The van der Waals surface area contributed by atoms with Gasteiger partial charge in [0.2, 0.25) is 0 Å². The quantitative estimate of drug-likeness (QED) is 0.389. The van der Waals surface area contributed by atoms with Crippen LogP contribution >= 0.6 is 0 Å². The molecule has 0 unspecified atom stereocenters. The average molecular weight is 340 g/mol. The van der Waals surface area contributed by atoms with Crippen molar-refractivity contribution in [1.29, 1.82) is 0 Å². The topological polar surface area (TPSA) is 25.8 Å². The Labute approximate surface area is 154 Å². The molecule has 4 aromatic rings. The summed E-state index contributed by atoms with van der Waals surface area (Å²) in [5, 5.41) is 3.60. The Bertz CT molecular complexity index is 1120. The van der Waals surface area contributed by atoms with Crippen LogP contribution in [0, 0.1) is 20.8 Å². The molecule has 2 nitrogen and oxygen atoms in total. The Morgan fingerprint density at radius 3 is 2.23 bits per heavy atom. The van der Waals surface area contributed by atoms with Crippen molar-refractivity contribution in [2.75, 3.05) is 0 Å². The summed E-state index contributed by atoms with van der Waals surface area (Å²) in [6, 6.07) is 17.4. The van der Waals surface area contributed by atoms with Gasteiger partial charge < -0.3 is 0 Å². The first-order chi connectivity index (χ1) is 12.4. The highest BCUT2D eigenvalue weighted by Gasteiger charge is 2.15. The molecule has 0 atom stereocenters. The first kappa shape index (κ1) is 16.7. The monoisotopic (exact) mass is 340 g/mol. The molecule has 4 rings (SSSR count). The lowest BCUT2D eigenvalue weighted by Crippen LogP contribution is -2.02. The normalized spacial score (nSPS) is 11.6. The molecular weight excluding hydrogens is 316 g/mol. The molecule has 0 amide bonds. The molecule has 3 aromatic carbocycles. The third kappa shape index (κ3) is 2.76. The number of hydrogen-bond donors (Lipinski definition) is 0. The molecule has 1 aromatic heterocycles. The lowest BCUT2D eigenvalue weighted by atomic mass is 9.97. The maximum absolute atomic E-state index is 4.98. The van der Waals surface area contributed by atoms with Crippen LogP contribution in [0.3, 0.4) is 0 Å². The molecule has 130 valence electrons. The van der Waals surface area contributed by atoms with Gasteiger partial charge in [-0.2, -0.15) is 0 Å². The predicted molar refractivity (Wildman–Crippen MR) is 111 cm³/mol. The molecule has 0 N–H and O–H groups in total. The molecular formula is C24H24N2. The van der Waals surface area contributed by atoms with Gasteiger partial charge in [0, 0.05) is 22.3 Å². The lowest BCUT2D eigenvalue weighted by molar-refractivity contribution is 0.785. The van der Waals surface area contributed by atoms with Gasteiger partial charge >= 0.3 is 0 Å². The van der Waals surface area contributed by atoms with E-state index in [1.807, 2.05) is 0 Å². The summed E-state index contributed by atoms with van der Waals surface area (Å²) in [6.07, 6.45) is 0.